The van der Waals surface area contributed by atoms with Crippen LogP contribution in [0, 0.1) is 5.92 Å². The van der Waals surface area contributed by atoms with E-state index in [1.807, 2.05) is 6.92 Å². The van der Waals surface area contributed by atoms with Gasteiger partial charge in [0.05, 0.1) is 6.20 Å². The number of hydrogen-bond donors (Lipinski definition) is 2. The zero-order chi connectivity index (χ0) is 12.2. The van der Waals surface area contributed by atoms with Gasteiger partial charge in [-0.05, 0) is 24.9 Å². The van der Waals surface area contributed by atoms with Gasteiger partial charge in [0.2, 0.25) is 0 Å². The molecule has 1 unspecified atom stereocenters. The zero-order valence-electron chi connectivity index (χ0n) is 9.55. The van der Waals surface area contributed by atoms with Gasteiger partial charge in [-0.25, -0.2) is 13.1 Å². The molecule has 7 heteroatoms. The second kappa shape index (κ2) is 5.42. The molecule has 0 aliphatic carbocycles. The molecule has 1 aromatic rings. The second-order valence-electron chi connectivity index (χ2n) is 3.83. The number of sulfonamides is 1. The van der Waals surface area contributed by atoms with Crippen LogP contribution in [-0.2, 0) is 17.1 Å². The van der Waals surface area contributed by atoms with Crippen LogP contribution in [0.15, 0.2) is 17.3 Å². The van der Waals surface area contributed by atoms with Crippen LogP contribution in [0.1, 0.15) is 13.3 Å². The second-order valence-corrected chi connectivity index (χ2v) is 5.54. The van der Waals surface area contributed by atoms with Gasteiger partial charge >= 0.3 is 0 Å². The standard InChI is InChI=1S/C9H18N4O2S/c1-8(3-5-10)7-12-16(14,15)9-4-6-11-13(9)2/h4,6,8,12H,3,5,7,10H2,1-2H3. The normalized spacial score (nSPS) is 13.9. The molecule has 0 aliphatic rings. The third kappa shape index (κ3) is 3.29. The van der Waals surface area contributed by atoms with Gasteiger partial charge in [-0.1, -0.05) is 6.92 Å². The van der Waals surface area contributed by atoms with E-state index >= 15 is 0 Å². The number of nitrogens with two attached hydrogens (primary N) is 1. The predicted octanol–water partition coefficient (Wildman–Crippen LogP) is -0.317. The Bertz CT molecular complexity index is 426. The van der Waals surface area contributed by atoms with Crippen molar-refractivity contribution in [3.63, 3.8) is 0 Å². The highest BCUT2D eigenvalue weighted by atomic mass is 32.2. The van der Waals surface area contributed by atoms with Gasteiger partial charge in [-0.3, -0.25) is 4.68 Å². The van der Waals surface area contributed by atoms with Crippen molar-refractivity contribution in [1.82, 2.24) is 14.5 Å². The number of hydrogen-bond acceptors (Lipinski definition) is 4. The van der Waals surface area contributed by atoms with Gasteiger partial charge in [-0.15, -0.1) is 0 Å². The topological polar surface area (TPSA) is 90.0 Å². The average molecular weight is 246 g/mol. The lowest BCUT2D eigenvalue weighted by atomic mass is 10.1. The van der Waals surface area contributed by atoms with Crippen LogP contribution in [0.4, 0.5) is 0 Å². The van der Waals surface area contributed by atoms with E-state index in [2.05, 4.69) is 9.82 Å². The van der Waals surface area contributed by atoms with Crippen molar-refractivity contribution in [3.05, 3.63) is 12.3 Å². The first-order chi connectivity index (χ1) is 7.47. The molecule has 0 amide bonds. The van der Waals surface area contributed by atoms with E-state index in [1.165, 1.54) is 16.9 Å². The van der Waals surface area contributed by atoms with Crippen LogP contribution in [-0.4, -0.2) is 31.3 Å². The molecule has 0 fully saturated rings. The molecule has 0 bridgehead atoms. The van der Waals surface area contributed by atoms with Crippen molar-refractivity contribution in [2.75, 3.05) is 13.1 Å². The molecule has 0 radical (unpaired) electrons. The molecular formula is C9H18N4O2S. The fourth-order valence-corrected chi connectivity index (χ4v) is 2.62. The maximum absolute atomic E-state index is 11.8. The number of aromatic nitrogens is 2. The van der Waals surface area contributed by atoms with Crippen molar-refractivity contribution in [2.45, 2.75) is 18.4 Å². The molecule has 0 spiro atoms. The fraction of sp³-hybridized carbons (Fsp3) is 0.667. The number of nitrogens with one attached hydrogen (secondary N) is 1. The molecule has 0 aromatic carbocycles. The number of aryl methyl sites for hydroxylation is 1. The predicted molar refractivity (Wildman–Crippen MR) is 61.2 cm³/mol. The molecule has 1 heterocycles. The fourth-order valence-electron chi connectivity index (χ4n) is 1.34. The first-order valence-corrected chi connectivity index (χ1v) is 6.63. The summed E-state index contributed by atoms with van der Waals surface area (Å²) in [5, 5.41) is 4.00. The highest BCUT2D eigenvalue weighted by molar-refractivity contribution is 7.89. The van der Waals surface area contributed by atoms with Crippen molar-refractivity contribution in [3.8, 4) is 0 Å². The van der Waals surface area contributed by atoms with Crippen LogP contribution in [0.25, 0.3) is 0 Å². The lowest BCUT2D eigenvalue weighted by Gasteiger charge is -2.11. The van der Waals surface area contributed by atoms with Gasteiger partial charge in [0.1, 0.15) is 0 Å². The summed E-state index contributed by atoms with van der Waals surface area (Å²) < 4.78 is 27.5. The van der Waals surface area contributed by atoms with Crippen LogP contribution in [0.5, 0.6) is 0 Å². The molecule has 1 rings (SSSR count). The Morgan fingerprint density at radius 2 is 2.31 bits per heavy atom. The quantitative estimate of drug-likeness (QED) is 0.720. The lowest BCUT2D eigenvalue weighted by Crippen LogP contribution is -2.30. The largest absolute Gasteiger partial charge is 0.330 e. The van der Waals surface area contributed by atoms with Crippen molar-refractivity contribution in [1.29, 1.82) is 0 Å². The van der Waals surface area contributed by atoms with Crippen LogP contribution in [0.2, 0.25) is 0 Å². The molecule has 92 valence electrons. The van der Waals surface area contributed by atoms with E-state index < -0.39 is 10.0 Å². The van der Waals surface area contributed by atoms with E-state index in [9.17, 15) is 8.42 Å². The smallest absolute Gasteiger partial charge is 0.257 e. The summed E-state index contributed by atoms with van der Waals surface area (Å²) in [6.07, 6.45) is 2.26. The molecule has 0 aliphatic heterocycles. The van der Waals surface area contributed by atoms with E-state index in [4.69, 9.17) is 5.73 Å². The third-order valence-electron chi connectivity index (χ3n) is 2.33. The van der Waals surface area contributed by atoms with Gasteiger partial charge < -0.3 is 5.73 Å². The summed E-state index contributed by atoms with van der Waals surface area (Å²) in [6, 6.07) is 1.47. The molecule has 1 atom stereocenters. The molecule has 0 saturated carbocycles. The van der Waals surface area contributed by atoms with E-state index in [-0.39, 0.29) is 10.9 Å². The molecule has 6 nitrogen and oxygen atoms in total. The summed E-state index contributed by atoms with van der Waals surface area (Å²) in [6.45, 7) is 2.91. The van der Waals surface area contributed by atoms with Crippen LogP contribution >= 0.6 is 0 Å². The summed E-state index contributed by atoms with van der Waals surface area (Å²) in [5.74, 6) is 0.230. The highest BCUT2D eigenvalue weighted by Crippen LogP contribution is 2.07. The van der Waals surface area contributed by atoms with Gasteiger partial charge in [-0.2, -0.15) is 5.10 Å². The van der Waals surface area contributed by atoms with E-state index in [1.54, 1.807) is 7.05 Å². The summed E-state index contributed by atoms with van der Waals surface area (Å²) >= 11 is 0. The minimum absolute atomic E-state index is 0.174. The first-order valence-electron chi connectivity index (χ1n) is 5.15. The van der Waals surface area contributed by atoms with Crippen molar-refractivity contribution < 1.29 is 8.42 Å². The zero-order valence-corrected chi connectivity index (χ0v) is 10.4. The summed E-state index contributed by atoms with van der Waals surface area (Å²) in [7, 11) is -1.86. The van der Waals surface area contributed by atoms with Crippen molar-refractivity contribution >= 4 is 10.0 Å². The average Bonchev–Trinajstić information content (AvgIpc) is 2.63. The summed E-state index contributed by atoms with van der Waals surface area (Å²) in [5.41, 5.74) is 5.40. The Hall–Kier alpha value is -0.920. The number of rotatable bonds is 6. The van der Waals surface area contributed by atoms with Gasteiger partial charge in [0, 0.05) is 13.6 Å². The third-order valence-corrected chi connectivity index (χ3v) is 3.83. The van der Waals surface area contributed by atoms with Gasteiger partial charge in [0.25, 0.3) is 10.0 Å². The Balaban J connectivity index is 2.63. The van der Waals surface area contributed by atoms with E-state index in [0.717, 1.165) is 6.42 Å². The molecular weight excluding hydrogens is 228 g/mol. The Labute approximate surface area is 95.9 Å². The highest BCUT2D eigenvalue weighted by Gasteiger charge is 2.18. The lowest BCUT2D eigenvalue weighted by molar-refractivity contribution is 0.510. The summed E-state index contributed by atoms with van der Waals surface area (Å²) in [4.78, 5) is 0. The maximum atomic E-state index is 11.8. The molecule has 3 N–H and O–H groups in total. The number of nitrogens with zero attached hydrogens (tertiary/aromatic N) is 2. The first kappa shape index (κ1) is 13.1. The van der Waals surface area contributed by atoms with Crippen LogP contribution < -0.4 is 10.5 Å². The molecule has 1 aromatic heterocycles. The van der Waals surface area contributed by atoms with Crippen LogP contribution in [0.3, 0.4) is 0 Å². The SMILES string of the molecule is CC(CCN)CNS(=O)(=O)c1ccnn1C. The monoisotopic (exact) mass is 246 g/mol. The van der Waals surface area contributed by atoms with Crippen molar-refractivity contribution in [2.24, 2.45) is 18.7 Å². The maximum Gasteiger partial charge on any atom is 0.257 e. The Kier molecular flexibility index (Phi) is 4.45. The van der Waals surface area contributed by atoms with E-state index in [0.29, 0.717) is 13.1 Å². The van der Waals surface area contributed by atoms with Gasteiger partial charge in [0.15, 0.2) is 5.03 Å². The Morgan fingerprint density at radius 1 is 1.62 bits per heavy atom. The minimum Gasteiger partial charge on any atom is -0.330 e. The minimum atomic E-state index is -3.45. The molecule has 16 heavy (non-hydrogen) atoms. The Morgan fingerprint density at radius 3 is 2.81 bits per heavy atom. The molecule has 0 saturated heterocycles.